The molecule has 1 N–H and O–H groups in total. The Morgan fingerprint density at radius 1 is 1.41 bits per heavy atom. The molecular weight excluding hydrogens is 382 g/mol. The van der Waals surface area contributed by atoms with Crippen molar-refractivity contribution < 1.29 is 0 Å². The average Bonchev–Trinajstić information content (AvgIpc) is 2.83. The van der Waals surface area contributed by atoms with Gasteiger partial charge in [-0.3, -0.25) is 0 Å². The molecule has 0 aromatic carbocycles. The van der Waals surface area contributed by atoms with E-state index >= 15 is 0 Å². The maximum atomic E-state index is 3.59. The van der Waals surface area contributed by atoms with Crippen molar-refractivity contribution in [3.8, 4) is 0 Å². The molecule has 0 saturated carbocycles. The van der Waals surface area contributed by atoms with E-state index in [1.165, 1.54) is 23.6 Å². The van der Waals surface area contributed by atoms with Gasteiger partial charge in [-0.05, 0) is 68.9 Å². The molecule has 0 amide bonds. The van der Waals surface area contributed by atoms with Crippen molar-refractivity contribution >= 4 is 54.5 Å². The van der Waals surface area contributed by atoms with E-state index < -0.39 is 0 Å². The molecule has 2 rings (SSSR count). The number of halogens is 2. The lowest BCUT2D eigenvalue weighted by molar-refractivity contribution is 0.606. The van der Waals surface area contributed by atoms with Gasteiger partial charge in [-0.15, -0.1) is 22.7 Å². The number of hydrogen-bond donors (Lipinski definition) is 1. The van der Waals surface area contributed by atoms with Crippen LogP contribution in [0.2, 0.25) is 0 Å². The van der Waals surface area contributed by atoms with E-state index in [1.807, 2.05) is 18.4 Å². The van der Waals surface area contributed by atoms with Crippen molar-refractivity contribution in [2.75, 3.05) is 7.05 Å². The minimum Gasteiger partial charge on any atom is -0.312 e. The highest BCUT2D eigenvalue weighted by Gasteiger charge is 2.16. The van der Waals surface area contributed by atoms with Crippen molar-refractivity contribution in [3.63, 3.8) is 0 Å². The molecule has 5 heteroatoms. The van der Waals surface area contributed by atoms with Gasteiger partial charge >= 0.3 is 0 Å². The quantitative estimate of drug-likeness (QED) is 0.756. The molecule has 0 aliphatic carbocycles. The normalized spacial score (nSPS) is 12.9. The molecule has 92 valence electrons. The Hall–Kier alpha value is 0.320. The van der Waals surface area contributed by atoms with Crippen molar-refractivity contribution in [2.24, 2.45) is 0 Å². The van der Waals surface area contributed by atoms with Gasteiger partial charge in [0, 0.05) is 26.7 Å². The second kappa shape index (κ2) is 5.97. The highest BCUT2D eigenvalue weighted by molar-refractivity contribution is 9.11. The maximum Gasteiger partial charge on any atom is 0.0731 e. The van der Waals surface area contributed by atoms with E-state index in [9.17, 15) is 0 Å². The first-order valence-electron chi connectivity index (χ1n) is 5.26. The van der Waals surface area contributed by atoms with E-state index in [1.54, 1.807) is 11.3 Å². The number of hydrogen-bond acceptors (Lipinski definition) is 3. The molecule has 0 aliphatic rings. The molecule has 0 fully saturated rings. The maximum absolute atomic E-state index is 3.59. The molecule has 0 saturated heterocycles. The van der Waals surface area contributed by atoms with Crippen LogP contribution >= 0.6 is 54.5 Å². The Bertz CT molecular complexity index is 485. The third-order valence-electron chi connectivity index (χ3n) is 2.65. The largest absolute Gasteiger partial charge is 0.312 e. The predicted molar refractivity (Wildman–Crippen MR) is 84.3 cm³/mol. The Labute approximate surface area is 127 Å². The third kappa shape index (κ3) is 3.20. The first-order chi connectivity index (χ1) is 8.11. The second-order valence-electron chi connectivity index (χ2n) is 3.84. The molecule has 1 unspecified atom stereocenters. The third-order valence-corrected chi connectivity index (χ3v) is 6.85. The highest BCUT2D eigenvalue weighted by atomic mass is 79.9. The molecule has 2 aromatic heterocycles. The van der Waals surface area contributed by atoms with Gasteiger partial charge in [-0.1, -0.05) is 0 Å². The average molecular weight is 395 g/mol. The number of rotatable bonds is 4. The number of aryl methyl sites for hydroxylation is 1. The summed E-state index contributed by atoms with van der Waals surface area (Å²) in [5, 5.41) is 5.53. The Morgan fingerprint density at radius 3 is 2.65 bits per heavy atom. The molecule has 1 nitrogen and oxygen atoms in total. The lowest BCUT2D eigenvalue weighted by atomic mass is 10.1. The van der Waals surface area contributed by atoms with Gasteiger partial charge in [0.05, 0.1) is 3.79 Å². The molecule has 0 radical (unpaired) electrons. The van der Waals surface area contributed by atoms with Crippen LogP contribution in [0.5, 0.6) is 0 Å². The van der Waals surface area contributed by atoms with E-state index in [-0.39, 0.29) is 0 Å². The van der Waals surface area contributed by atoms with Gasteiger partial charge in [-0.2, -0.15) is 0 Å². The standard InChI is InChI=1S/C12H13Br2NS2/c1-7-5-11(17-12(7)14)9(15-2)6-10-8(13)3-4-16-10/h3-5,9,15H,6H2,1-2H3. The van der Waals surface area contributed by atoms with Crippen molar-refractivity contribution in [1.82, 2.24) is 5.32 Å². The summed E-state index contributed by atoms with van der Waals surface area (Å²) in [6.45, 7) is 2.14. The monoisotopic (exact) mass is 393 g/mol. The summed E-state index contributed by atoms with van der Waals surface area (Å²) in [7, 11) is 2.02. The molecule has 0 spiro atoms. The smallest absolute Gasteiger partial charge is 0.0731 e. The van der Waals surface area contributed by atoms with Crippen LogP contribution in [0.25, 0.3) is 0 Å². The fourth-order valence-electron chi connectivity index (χ4n) is 1.66. The first kappa shape index (κ1) is 13.7. The molecule has 2 heterocycles. The lowest BCUT2D eigenvalue weighted by Crippen LogP contribution is -2.17. The minimum absolute atomic E-state index is 0.389. The molecule has 1 atom stereocenters. The van der Waals surface area contributed by atoms with E-state index in [2.05, 4.69) is 61.6 Å². The first-order valence-corrected chi connectivity index (χ1v) is 8.55. The van der Waals surface area contributed by atoms with E-state index in [0.29, 0.717) is 6.04 Å². The Balaban J connectivity index is 2.20. The number of thiophene rings is 2. The summed E-state index contributed by atoms with van der Waals surface area (Å²) in [5.74, 6) is 0. The van der Waals surface area contributed by atoms with Crippen molar-refractivity contribution in [2.45, 2.75) is 19.4 Å². The molecule has 0 bridgehead atoms. The zero-order valence-electron chi connectivity index (χ0n) is 9.59. The zero-order valence-corrected chi connectivity index (χ0v) is 14.4. The van der Waals surface area contributed by atoms with Gasteiger partial charge in [0.15, 0.2) is 0 Å². The molecular formula is C12H13Br2NS2. The summed E-state index contributed by atoms with van der Waals surface area (Å²) in [4.78, 5) is 2.78. The highest BCUT2D eigenvalue weighted by Crippen LogP contribution is 2.34. The van der Waals surface area contributed by atoms with Crippen molar-refractivity contribution in [3.05, 3.63) is 41.1 Å². The molecule has 2 aromatic rings. The zero-order chi connectivity index (χ0) is 12.4. The van der Waals surface area contributed by atoms with E-state index in [0.717, 1.165) is 6.42 Å². The summed E-state index contributed by atoms with van der Waals surface area (Å²) >= 11 is 10.8. The van der Waals surface area contributed by atoms with Crippen LogP contribution in [0.1, 0.15) is 21.4 Å². The van der Waals surface area contributed by atoms with Gasteiger partial charge in [0.2, 0.25) is 0 Å². The fourth-order valence-corrected chi connectivity index (χ4v) is 4.90. The summed E-state index contributed by atoms with van der Waals surface area (Å²) in [6.07, 6.45) is 1.03. The van der Waals surface area contributed by atoms with Crippen LogP contribution in [0.4, 0.5) is 0 Å². The van der Waals surface area contributed by atoms with Crippen LogP contribution in [0.3, 0.4) is 0 Å². The number of nitrogens with one attached hydrogen (secondary N) is 1. The molecule has 17 heavy (non-hydrogen) atoms. The van der Waals surface area contributed by atoms with Crippen LogP contribution in [0.15, 0.2) is 25.8 Å². The predicted octanol–water partition coefficient (Wildman–Crippen LogP) is 5.15. The number of likely N-dealkylation sites (N-methyl/N-ethyl adjacent to an activating group) is 1. The van der Waals surface area contributed by atoms with Crippen LogP contribution in [-0.2, 0) is 6.42 Å². The second-order valence-corrected chi connectivity index (χ2v) is 8.10. The molecule has 0 aliphatic heterocycles. The Kier molecular flexibility index (Phi) is 4.83. The van der Waals surface area contributed by atoms with E-state index in [4.69, 9.17) is 0 Å². The topological polar surface area (TPSA) is 12.0 Å². The van der Waals surface area contributed by atoms with Gasteiger partial charge in [-0.25, -0.2) is 0 Å². The SMILES string of the molecule is CNC(Cc1sccc1Br)c1cc(C)c(Br)s1. The Morgan fingerprint density at radius 2 is 2.18 bits per heavy atom. The van der Waals surface area contributed by atoms with Crippen LogP contribution in [0, 0.1) is 6.92 Å². The minimum atomic E-state index is 0.389. The summed E-state index contributed by atoms with van der Waals surface area (Å²) in [6, 6.07) is 4.76. The van der Waals surface area contributed by atoms with Gasteiger partial charge < -0.3 is 5.32 Å². The summed E-state index contributed by atoms with van der Waals surface area (Å²) in [5.41, 5.74) is 1.32. The van der Waals surface area contributed by atoms with Gasteiger partial charge in [0.1, 0.15) is 0 Å². The fraction of sp³-hybridized carbons (Fsp3) is 0.333. The van der Waals surface area contributed by atoms with Crippen LogP contribution in [-0.4, -0.2) is 7.05 Å². The van der Waals surface area contributed by atoms with Gasteiger partial charge in [0.25, 0.3) is 0 Å². The lowest BCUT2D eigenvalue weighted by Gasteiger charge is -2.13. The van der Waals surface area contributed by atoms with Crippen molar-refractivity contribution in [1.29, 1.82) is 0 Å². The van der Waals surface area contributed by atoms with Crippen LogP contribution < -0.4 is 5.32 Å². The summed E-state index contributed by atoms with van der Waals surface area (Å²) < 4.78 is 2.45.